The third-order valence-electron chi connectivity index (χ3n) is 3.88. The van der Waals surface area contributed by atoms with Crippen LogP contribution >= 0.6 is 0 Å². The summed E-state index contributed by atoms with van der Waals surface area (Å²) in [4.78, 5) is 28.4. The fourth-order valence-electron chi connectivity index (χ4n) is 2.56. The van der Waals surface area contributed by atoms with E-state index >= 15 is 0 Å². The van der Waals surface area contributed by atoms with Gasteiger partial charge in [-0.15, -0.1) is 0 Å². The highest BCUT2D eigenvalue weighted by atomic mass is 16.5. The number of carbonyl (C=O) groups is 2. The van der Waals surface area contributed by atoms with Crippen molar-refractivity contribution < 1.29 is 14.3 Å². The summed E-state index contributed by atoms with van der Waals surface area (Å²) in [6, 6.07) is 17.9. The number of para-hydroxylation sites is 1. The Morgan fingerprint density at radius 1 is 0.963 bits per heavy atom. The lowest BCUT2D eigenvalue weighted by atomic mass is 10.1. The number of aryl methyl sites for hydroxylation is 1. The minimum Gasteiger partial charge on any atom is -0.465 e. The van der Waals surface area contributed by atoms with Crippen LogP contribution in [0.1, 0.15) is 26.4 Å². The Morgan fingerprint density at radius 3 is 2.48 bits per heavy atom. The first-order chi connectivity index (χ1) is 13.1. The molecule has 0 fully saturated rings. The van der Waals surface area contributed by atoms with E-state index in [2.05, 4.69) is 15.6 Å². The van der Waals surface area contributed by atoms with Crippen molar-refractivity contribution in [2.75, 3.05) is 17.7 Å². The van der Waals surface area contributed by atoms with E-state index in [-0.39, 0.29) is 5.91 Å². The quantitative estimate of drug-likeness (QED) is 0.667. The molecule has 0 saturated heterocycles. The van der Waals surface area contributed by atoms with Gasteiger partial charge in [-0.05, 0) is 48.9 Å². The van der Waals surface area contributed by atoms with E-state index in [9.17, 15) is 9.59 Å². The van der Waals surface area contributed by atoms with Crippen molar-refractivity contribution in [3.05, 3.63) is 83.7 Å². The van der Waals surface area contributed by atoms with E-state index in [4.69, 9.17) is 4.74 Å². The first-order valence-corrected chi connectivity index (χ1v) is 8.35. The number of carbonyl (C=O) groups excluding carboxylic acids is 2. The molecule has 0 aliphatic heterocycles. The van der Waals surface area contributed by atoms with Gasteiger partial charge < -0.3 is 15.4 Å². The maximum absolute atomic E-state index is 12.3. The lowest BCUT2D eigenvalue weighted by molar-refractivity contribution is 0.0601. The summed E-state index contributed by atoms with van der Waals surface area (Å²) >= 11 is 0. The van der Waals surface area contributed by atoms with Crippen LogP contribution in [-0.2, 0) is 4.74 Å². The Hall–Kier alpha value is -3.67. The number of benzene rings is 2. The predicted octanol–water partition coefficient (Wildman–Crippen LogP) is 4.17. The van der Waals surface area contributed by atoms with Crippen LogP contribution in [0, 0.1) is 6.92 Å². The number of aromatic nitrogens is 1. The average Bonchev–Trinajstić information content (AvgIpc) is 2.68. The van der Waals surface area contributed by atoms with Crippen LogP contribution < -0.4 is 10.6 Å². The first-order valence-electron chi connectivity index (χ1n) is 8.35. The van der Waals surface area contributed by atoms with Gasteiger partial charge in [0.2, 0.25) is 0 Å². The minimum atomic E-state index is -0.430. The van der Waals surface area contributed by atoms with E-state index in [1.54, 1.807) is 36.5 Å². The molecule has 0 spiro atoms. The average molecular weight is 361 g/mol. The zero-order valence-electron chi connectivity index (χ0n) is 15.0. The van der Waals surface area contributed by atoms with E-state index in [0.29, 0.717) is 22.6 Å². The molecule has 2 aromatic carbocycles. The van der Waals surface area contributed by atoms with Crippen LogP contribution in [0.3, 0.4) is 0 Å². The summed E-state index contributed by atoms with van der Waals surface area (Å²) < 4.78 is 4.78. The second kappa shape index (κ2) is 8.14. The van der Waals surface area contributed by atoms with Crippen LogP contribution in [0.25, 0.3) is 0 Å². The highest BCUT2D eigenvalue weighted by molar-refractivity contribution is 6.03. The van der Waals surface area contributed by atoms with E-state index in [1.165, 1.54) is 7.11 Å². The Kier molecular flexibility index (Phi) is 5.47. The van der Waals surface area contributed by atoms with Gasteiger partial charge in [-0.3, -0.25) is 4.79 Å². The summed E-state index contributed by atoms with van der Waals surface area (Å²) in [5, 5.41) is 5.93. The van der Waals surface area contributed by atoms with Crippen molar-refractivity contribution in [2.45, 2.75) is 6.92 Å². The van der Waals surface area contributed by atoms with Gasteiger partial charge in [0.1, 0.15) is 5.69 Å². The molecular weight excluding hydrogens is 342 g/mol. The SMILES string of the molecule is COC(=O)c1ccccc1Nc1ccc(C(=O)Nc2cccc(C)c2)nc1. The van der Waals surface area contributed by atoms with Gasteiger partial charge in [0.15, 0.2) is 0 Å². The van der Waals surface area contributed by atoms with Gasteiger partial charge in [-0.2, -0.15) is 0 Å². The monoisotopic (exact) mass is 361 g/mol. The molecule has 136 valence electrons. The molecule has 27 heavy (non-hydrogen) atoms. The van der Waals surface area contributed by atoms with Gasteiger partial charge in [0, 0.05) is 5.69 Å². The van der Waals surface area contributed by atoms with E-state index < -0.39 is 5.97 Å². The van der Waals surface area contributed by atoms with Crippen molar-refractivity contribution in [1.82, 2.24) is 4.98 Å². The molecule has 0 bridgehead atoms. The molecular formula is C21H19N3O3. The van der Waals surface area contributed by atoms with Crippen molar-refractivity contribution in [2.24, 2.45) is 0 Å². The molecule has 2 N–H and O–H groups in total. The fraction of sp³-hybridized carbons (Fsp3) is 0.0952. The number of rotatable bonds is 5. The second-order valence-electron chi connectivity index (χ2n) is 5.92. The summed E-state index contributed by atoms with van der Waals surface area (Å²) in [5.74, 6) is -0.720. The Labute approximate surface area is 157 Å². The van der Waals surface area contributed by atoms with Crippen LogP contribution in [-0.4, -0.2) is 24.0 Å². The van der Waals surface area contributed by atoms with Gasteiger partial charge in [-0.1, -0.05) is 24.3 Å². The number of anilines is 3. The van der Waals surface area contributed by atoms with Crippen molar-refractivity contribution in [1.29, 1.82) is 0 Å². The number of amides is 1. The molecule has 3 rings (SSSR count). The zero-order valence-corrected chi connectivity index (χ0v) is 15.0. The molecule has 0 aliphatic carbocycles. The molecule has 0 atom stereocenters. The van der Waals surface area contributed by atoms with Gasteiger partial charge in [0.05, 0.1) is 30.2 Å². The summed E-state index contributed by atoms with van der Waals surface area (Å²) in [6.07, 6.45) is 1.54. The molecule has 1 aromatic heterocycles. The Bertz CT molecular complexity index is 968. The number of nitrogens with zero attached hydrogens (tertiary/aromatic N) is 1. The predicted molar refractivity (Wildman–Crippen MR) is 104 cm³/mol. The molecule has 0 saturated carbocycles. The molecule has 6 nitrogen and oxygen atoms in total. The first kappa shape index (κ1) is 18.1. The summed E-state index contributed by atoms with van der Waals surface area (Å²) in [6.45, 7) is 1.96. The van der Waals surface area contributed by atoms with Crippen LogP contribution in [0.2, 0.25) is 0 Å². The summed E-state index contributed by atoms with van der Waals surface area (Å²) in [7, 11) is 1.34. The molecule has 1 heterocycles. The van der Waals surface area contributed by atoms with Crippen LogP contribution in [0.5, 0.6) is 0 Å². The fourth-order valence-corrected chi connectivity index (χ4v) is 2.56. The maximum atomic E-state index is 12.3. The van der Waals surface area contributed by atoms with Crippen molar-refractivity contribution in [3.63, 3.8) is 0 Å². The van der Waals surface area contributed by atoms with Crippen LogP contribution in [0.15, 0.2) is 66.9 Å². The van der Waals surface area contributed by atoms with Gasteiger partial charge in [-0.25, -0.2) is 9.78 Å². The molecule has 1 amide bonds. The van der Waals surface area contributed by atoms with E-state index in [1.807, 2.05) is 37.3 Å². The number of pyridine rings is 1. The zero-order chi connectivity index (χ0) is 19.2. The lowest BCUT2D eigenvalue weighted by Gasteiger charge is -2.11. The van der Waals surface area contributed by atoms with E-state index in [0.717, 1.165) is 11.3 Å². The molecule has 3 aromatic rings. The largest absolute Gasteiger partial charge is 0.465 e. The van der Waals surface area contributed by atoms with Crippen molar-refractivity contribution in [3.8, 4) is 0 Å². The molecule has 0 unspecified atom stereocenters. The molecule has 0 radical (unpaired) electrons. The number of hydrogen-bond donors (Lipinski definition) is 2. The standard InChI is InChI=1S/C21H19N3O3/c1-14-6-5-7-15(12-14)24-20(25)19-11-10-16(13-22-19)23-18-9-4-3-8-17(18)21(26)27-2/h3-13,23H,1-2H3,(H,24,25). The smallest absolute Gasteiger partial charge is 0.339 e. The highest BCUT2D eigenvalue weighted by Gasteiger charge is 2.12. The third-order valence-corrected chi connectivity index (χ3v) is 3.88. The second-order valence-corrected chi connectivity index (χ2v) is 5.92. The molecule has 6 heteroatoms. The topological polar surface area (TPSA) is 80.3 Å². The van der Waals surface area contributed by atoms with Crippen LogP contribution in [0.4, 0.5) is 17.1 Å². The Balaban J connectivity index is 1.72. The minimum absolute atomic E-state index is 0.290. The number of methoxy groups -OCH3 is 1. The lowest BCUT2D eigenvalue weighted by Crippen LogP contribution is -2.13. The normalized spacial score (nSPS) is 10.1. The Morgan fingerprint density at radius 2 is 1.78 bits per heavy atom. The van der Waals surface area contributed by atoms with Gasteiger partial charge >= 0.3 is 5.97 Å². The molecule has 0 aliphatic rings. The van der Waals surface area contributed by atoms with Crippen molar-refractivity contribution >= 4 is 28.9 Å². The summed E-state index contributed by atoms with van der Waals surface area (Å²) in [5.41, 5.74) is 3.74. The van der Waals surface area contributed by atoms with Gasteiger partial charge in [0.25, 0.3) is 5.91 Å². The third kappa shape index (κ3) is 4.49. The highest BCUT2D eigenvalue weighted by Crippen LogP contribution is 2.21. The number of hydrogen-bond acceptors (Lipinski definition) is 5. The number of esters is 1. The maximum Gasteiger partial charge on any atom is 0.339 e. The number of nitrogens with one attached hydrogen (secondary N) is 2. The number of ether oxygens (including phenoxy) is 1.